The van der Waals surface area contributed by atoms with E-state index in [4.69, 9.17) is 15.7 Å². The van der Waals surface area contributed by atoms with Crippen LogP contribution in [0.25, 0.3) is 11.1 Å². The van der Waals surface area contributed by atoms with Crippen molar-refractivity contribution in [3.05, 3.63) is 95.1 Å². The lowest BCUT2D eigenvalue weighted by molar-refractivity contribution is -0.192. The minimum atomic E-state index is -5.08. The standard InChI is InChI=1S/C26H25N5O2.C2HF3O2/c1-2-29-26(33)24(15-18-6-5-7-19(14-18)17-30-28)31-25(32)21-12-10-20(11-13-21)23-9-4-3-8-22(23)16-27;3-2(4,5)1(6)7/h3-14,17,24H,2,15,28H2,1H3,(H,29,33)(H,31,32);(H,6,7)/t24-;/m0./s1. The Hall–Kier alpha value is -5.18. The molecule has 12 heteroatoms. The van der Waals surface area contributed by atoms with Crippen molar-refractivity contribution in [1.29, 1.82) is 5.26 Å². The highest BCUT2D eigenvalue weighted by molar-refractivity contribution is 5.98. The predicted octanol–water partition coefficient (Wildman–Crippen LogP) is 3.63. The summed E-state index contributed by atoms with van der Waals surface area (Å²) in [6.07, 6.45) is -3.24. The smallest absolute Gasteiger partial charge is 0.475 e. The molecule has 0 saturated carbocycles. The molecule has 5 N–H and O–H groups in total. The van der Waals surface area contributed by atoms with Crippen LogP contribution in [0, 0.1) is 11.3 Å². The second-order valence-corrected chi connectivity index (χ2v) is 8.19. The number of amides is 2. The number of hydrazone groups is 1. The third kappa shape index (κ3) is 9.29. The fourth-order valence-electron chi connectivity index (χ4n) is 3.50. The number of hydrogen-bond donors (Lipinski definition) is 4. The van der Waals surface area contributed by atoms with Crippen LogP contribution < -0.4 is 16.5 Å². The van der Waals surface area contributed by atoms with Crippen molar-refractivity contribution in [2.45, 2.75) is 25.6 Å². The van der Waals surface area contributed by atoms with Gasteiger partial charge in [-0.2, -0.15) is 23.5 Å². The van der Waals surface area contributed by atoms with Gasteiger partial charge in [0.25, 0.3) is 5.91 Å². The maximum atomic E-state index is 12.9. The average molecular weight is 554 g/mol. The molecule has 0 aliphatic rings. The summed E-state index contributed by atoms with van der Waals surface area (Å²) < 4.78 is 31.7. The Balaban J connectivity index is 0.000000708. The predicted molar refractivity (Wildman–Crippen MR) is 142 cm³/mol. The van der Waals surface area contributed by atoms with Gasteiger partial charge in [0, 0.05) is 18.5 Å². The molecule has 0 aromatic heterocycles. The molecule has 0 radical (unpaired) electrons. The van der Waals surface area contributed by atoms with Crippen LogP contribution in [0.1, 0.15) is 34.0 Å². The van der Waals surface area contributed by atoms with E-state index in [0.29, 0.717) is 24.1 Å². The van der Waals surface area contributed by atoms with Crippen LogP contribution in [0.15, 0.2) is 77.9 Å². The lowest BCUT2D eigenvalue weighted by atomic mass is 9.99. The fraction of sp³-hybridized carbons (Fsp3) is 0.179. The van der Waals surface area contributed by atoms with Crippen molar-refractivity contribution < 1.29 is 32.7 Å². The second-order valence-electron chi connectivity index (χ2n) is 8.19. The summed E-state index contributed by atoms with van der Waals surface area (Å²) in [5.74, 6) is 1.85. The Labute approximate surface area is 228 Å². The molecule has 9 nitrogen and oxygen atoms in total. The van der Waals surface area contributed by atoms with Crippen LogP contribution in [0.5, 0.6) is 0 Å². The number of carboxylic acids is 1. The van der Waals surface area contributed by atoms with E-state index in [0.717, 1.165) is 22.3 Å². The van der Waals surface area contributed by atoms with Gasteiger partial charge in [0.15, 0.2) is 0 Å². The van der Waals surface area contributed by atoms with Crippen LogP contribution >= 0.6 is 0 Å². The number of nitriles is 1. The minimum Gasteiger partial charge on any atom is -0.475 e. The molecule has 3 aromatic carbocycles. The number of benzene rings is 3. The molecule has 1 atom stereocenters. The maximum absolute atomic E-state index is 12.9. The molecule has 2 amide bonds. The molecule has 0 fully saturated rings. The number of carbonyl (C=O) groups is 3. The summed E-state index contributed by atoms with van der Waals surface area (Å²) in [4.78, 5) is 34.4. The summed E-state index contributed by atoms with van der Waals surface area (Å²) in [5.41, 5.74) is 4.30. The van der Waals surface area contributed by atoms with Gasteiger partial charge in [-0.05, 0) is 47.4 Å². The number of hydrogen-bond acceptors (Lipinski definition) is 6. The normalized spacial score (nSPS) is 11.5. The number of halogens is 3. The summed E-state index contributed by atoms with van der Waals surface area (Å²) in [5, 5.41) is 25.6. The summed E-state index contributed by atoms with van der Waals surface area (Å²) in [6.45, 7) is 2.28. The highest BCUT2D eigenvalue weighted by Gasteiger charge is 2.38. The molecule has 3 rings (SSSR count). The first-order valence-corrected chi connectivity index (χ1v) is 11.8. The van der Waals surface area contributed by atoms with Gasteiger partial charge in [-0.3, -0.25) is 9.59 Å². The number of carboxylic acid groups (broad SMARTS) is 1. The Morgan fingerprint density at radius 1 is 1.07 bits per heavy atom. The Bertz CT molecular complexity index is 1400. The molecular weight excluding hydrogens is 527 g/mol. The molecule has 208 valence electrons. The third-order valence-corrected chi connectivity index (χ3v) is 5.34. The first-order valence-electron chi connectivity index (χ1n) is 11.8. The number of nitrogens with one attached hydrogen (secondary N) is 2. The van der Waals surface area contributed by atoms with Crippen LogP contribution in [-0.2, 0) is 16.0 Å². The van der Waals surface area contributed by atoms with Gasteiger partial charge in [-0.25, -0.2) is 4.79 Å². The largest absolute Gasteiger partial charge is 0.490 e. The SMILES string of the molecule is CCNC(=O)[C@H](Cc1cccc(C=NN)c1)NC(=O)c1ccc(-c2ccccc2C#N)cc1.O=C(O)C(F)(F)F. The van der Waals surface area contributed by atoms with Crippen LogP contribution in [0.4, 0.5) is 13.2 Å². The van der Waals surface area contributed by atoms with Gasteiger partial charge in [-0.1, -0.05) is 54.6 Å². The Kier molecular flexibility index (Phi) is 11.4. The van der Waals surface area contributed by atoms with E-state index in [1.807, 2.05) is 49.4 Å². The lowest BCUT2D eigenvalue weighted by Crippen LogP contribution is -2.48. The Morgan fingerprint density at radius 2 is 1.73 bits per heavy atom. The van der Waals surface area contributed by atoms with Crippen LogP contribution in [0.3, 0.4) is 0 Å². The summed E-state index contributed by atoms with van der Waals surface area (Å²) in [7, 11) is 0. The minimum absolute atomic E-state index is 0.261. The summed E-state index contributed by atoms with van der Waals surface area (Å²) >= 11 is 0. The number of likely N-dealkylation sites (N-methyl/N-ethyl adjacent to an activating group) is 1. The molecule has 0 unspecified atom stereocenters. The molecule has 0 spiro atoms. The van der Waals surface area contributed by atoms with Gasteiger partial charge in [0.2, 0.25) is 5.91 Å². The highest BCUT2D eigenvalue weighted by atomic mass is 19.4. The molecule has 0 heterocycles. The Morgan fingerprint density at radius 3 is 2.30 bits per heavy atom. The van der Waals surface area contributed by atoms with E-state index >= 15 is 0 Å². The number of carbonyl (C=O) groups excluding carboxylic acids is 2. The van der Waals surface area contributed by atoms with Crippen molar-refractivity contribution in [2.24, 2.45) is 10.9 Å². The molecule has 0 aliphatic carbocycles. The summed E-state index contributed by atoms with van der Waals surface area (Å²) in [6, 6.07) is 23.1. The first kappa shape index (κ1) is 31.0. The molecule has 0 aliphatic heterocycles. The number of rotatable bonds is 8. The van der Waals surface area contributed by atoms with Gasteiger partial charge in [-0.15, -0.1) is 0 Å². The van der Waals surface area contributed by atoms with Crippen molar-refractivity contribution in [2.75, 3.05) is 6.54 Å². The van der Waals surface area contributed by atoms with E-state index in [9.17, 15) is 28.0 Å². The molecule has 0 bridgehead atoms. The van der Waals surface area contributed by atoms with Crippen molar-refractivity contribution >= 4 is 24.0 Å². The number of nitrogens with zero attached hydrogens (tertiary/aromatic N) is 2. The van der Waals surface area contributed by atoms with Crippen molar-refractivity contribution in [3.63, 3.8) is 0 Å². The van der Waals surface area contributed by atoms with E-state index < -0.39 is 18.2 Å². The quantitative estimate of drug-likeness (QED) is 0.190. The van der Waals surface area contributed by atoms with Crippen molar-refractivity contribution in [1.82, 2.24) is 10.6 Å². The van der Waals surface area contributed by atoms with Crippen molar-refractivity contribution in [3.8, 4) is 17.2 Å². The topological polar surface area (TPSA) is 158 Å². The zero-order valence-electron chi connectivity index (χ0n) is 21.3. The first-order chi connectivity index (χ1) is 19.0. The van der Waals surface area contributed by atoms with Crippen LogP contribution in [0.2, 0.25) is 0 Å². The molecule has 3 aromatic rings. The zero-order chi connectivity index (χ0) is 29.7. The van der Waals surface area contributed by atoms with Gasteiger partial charge in [0.05, 0.1) is 17.8 Å². The monoisotopic (exact) mass is 553 g/mol. The average Bonchev–Trinajstić information content (AvgIpc) is 2.93. The van der Waals surface area contributed by atoms with Gasteiger partial charge < -0.3 is 21.6 Å². The number of alkyl halides is 3. The van der Waals surface area contributed by atoms with Crippen LogP contribution in [-0.4, -0.2) is 47.9 Å². The van der Waals surface area contributed by atoms with E-state index in [1.165, 1.54) is 6.21 Å². The number of nitrogens with two attached hydrogens (primary N) is 1. The number of aliphatic carboxylic acids is 1. The zero-order valence-corrected chi connectivity index (χ0v) is 21.3. The van der Waals surface area contributed by atoms with E-state index in [2.05, 4.69) is 21.8 Å². The van der Waals surface area contributed by atoms with Gasteiger partial charge >= 0.3 is 12.1 Å². The third-order valence-electron chi connectivity index (χ3n) is 5.34. The second kappa shape index (κ2) is 14.7. The van der Waals surface area contributed by atoms with Gasteiger partial charge in [0.1, 0.15) is 6.04 Å². The molecule has 40 heavy (non-hydrogen) atoms. The maximum Gasteiger partial charge on any atom is 0.490 e. The fourth-order valence-corrected chi connectivity index (χ4v) is 3.50. The van der Waals surface area contributed by atoms with E-state index in [-0.39, 0.29) is 11.8 Å². The molecular formula is C28H26F3N5O4. The van der Waals surface area contributed by atoms with E-state index in [1.54, 1.807) is 30.3 Å². The molecule has 0 saturated heterocycles. The highest BCUT2D eigenvalue weighted by Crippen LogP contribution is 2.23. The lowest BCUT2D eigenvalue weighted by Gasteiger charge is -2.18.